The number of sulfone groups is 1. The van der Waals surface area contributed by atoms with E-state index in [1.165, 1.54) is 30.2 Å². The number of para-hydroxylation sites is 1. The van der Waals surface area contributed by atoms with Crippen LogP contribution in [-0.4, -0.2) is 52.4 Å². The zero-order valence-corrected chi connectivity index (χ0v) is 12.1. The topological polar surface area (TPSA) is 66.8 Å². The Hall–Kier alpha value is -1.32. The summed E-state index contributed by atoms with van der Waals surface area (Å²) < 4.78 is 66.2. The van der Waals surface area contributed by atoms with Crippen LogP contribution in [0.2, 0.25) is 0 Å². The highest BCUT2D eigenvalue weighted by atomic mass is 32.2. The van der Waals surface area contributed by atoms with Gasteiger partial charge in [-0.25, -0.2) is 8.42 Å². The van der Waals surface area contributed by atoms with Gasteiger partial charge in [0.15, 0.2) is 0 Å². The van der Waals surface area contributed by atoms with Crippen molar-refractivity contribution >= 4 is 15.5 Å². The van der Waals surface area contributed by atoms with Crippen molar-refractivity contribution in [1.82, 2.24) is 0 Å². The van der Waals surface area contributed by atoms with Gasteiger partial charge in [0.1, 0.15) is 0 Å². The van der Waals surface area contributed by atoms with Gasteiger partial charge >= 0.3 is 5.51 Å². The van der Waals surface area contributed by atoms with E-state index in [9.17, 15) is 21.6 Å². The van der Waals surface area contributed by atoms with Crippen LogP contribution < -0.4 is 4.90 Å². The SMILES string of the molecule is COCCN(CCO)c1ccccc1S(=O)(=O)C(F)(F)F. The zero-order chi connectivity index (χ0) is 16.1. The van der Waals surface area contributed by atoms with Crippen molar-refractivity contribution < 1.29 is 31.4 Å². The van der Waals surface area contributed by atoms with Crippen molar-refractivity contribution in [2.75, 3.05) is 38.3 Å². The predicted molar refractivity (Wildman–Crippen MR) is 70.9 cm³/mol. The molecular formula is C12H16F3NO4S. The van der Waals surface area contributed by atoms with Gasteiger partial charge in [-0.3, -0.25) is 0 Å². The molecule has 1 rings (SSSR count). The summed E-state index contributed by atoms with van der Waals surface area (Å²) in [7, 11) is -4.05. The average molecular weight is 327 g/mol. The average Bonchev–Trinajstić information content (AvgIpc) is 2.42. The fourth-order valence-corrected chi connectivity index (χ4v) is 2.72. The van der Waals surface area contributed by atoms with Crippen molar-refractivity contribution in [3.8, 4) is 0 Å². The maximum absolute atomic E-state index is 12.7. The van der Waals surface area contributed by atoms with Gasteiger partial charge in [0.05, 0.1) is 23.8 Å². The molecule has 1 aromatic carbocycles. The van der Waals surface area contributed by atoms with E-state index in [-0.39, 0.29) is 32.0 Å². The maximum Gasteiger partial charge on any atom is 0.501 e. The van der Waals surface area contributed by atoms with E-state index in [4.69, 9.17) is 9.84 Å². The van der Waals surface area contributed by atoms with Crippen molar-refractivity contribution in [3.05, 3.63) is 24.3 Å². The van der Waals surface area contributed by atoms with Gasteiger partial charge in [0.25, 0.3) is 9.84 Å². The quantitative estimate of drug-likeness (QED) is 0.820. The smallest absolute Gasteiger partial charge is 0.395 e. The second-order valence-corrected chi connectivity index (χ2v) is 6.03. The highest BCUT2D eigenvalue weighted by Crippen LogP contribution is 2.35. The first-order chi connectivity index (χ1) is 9.75. The van der Waals surface area contributed by atoms with Gasteiger partial charge in [0, 0.05) is 20.2 Å². The highest BCUT2D eigenvalue weighted by Gasteiger charge is 2.48. The fourth-order valence-electron chi connectivity index (χ4n) is 1.75. The molecule has 0 saturated heterocycles. The molecule has 0 amide bonds. The zero-order valence-electron chi connectivity index (χ0n) is 11.3. The molecule has 0 aliphatic carbocycles. The van der Waals surface area contributed by atoms with Crippen LogP contribution in [-0.2, 0) is 14.6 Å². The molecule has 21 heavy (non-hydrogen) atoms. The van der Waals surface area contributed by atoms with Gasteiger partial charge in [0.2, 0.25) is 0 Å². The van der Waals surface area contributed by atoms with E-state index in [0.29, 0.717) is 0 Å². The van der Waals surface area contributed by atoms with E-state index < -0.39 is 20.2 Å². The number of ether oxygens (including phenoxy) is 1. The van der Waals surface area contributed by atoms with Crippen molar-refractivity contribution in [2.24, 2.45) is 0 Å². The molecule has 0 unspecified atom stereocenters. The van der Waals surface area contributed by atoms with Gasteiger partial charge in [-0.15, -0.1) is 0 Å². The predicted octanol–water partition coefficient (Wildman–Crippen LogP) is 1.43. The lowest BCUT2D eigenvalue weighted by molar-refractivity contribution is -0.0435. The second kappa shape index (κ2) is 7.10. The van der Waals surface area contributed by atoms with Crippen LogP contribution in [0.4, 0.5) is 18.9 Å². The Kier molecular flexibility index (Phi) is 5.99. The normalized spacial score (nSPS) is 12.4. The van der Waals surface area contributed by atoms with Crippen molar-refractivity contribution in [1.29, 1.82) is 0 Å². The van der Waals surface area contributed by atoms with E-state index >= 15 is 0 Å². The molecule has 0 heterocycles. The number of aliphatic hydroxyl groups is 1. The summed E-state index contributed by atoms with van der Waals surface area (Å²) in [5, 5.41) is 9.00. The lowest BCUT2D eigenvalue weighted by atomic mass is 10.3. The number of rotatable bonds is 7. The van der Waals surface area contributed by atoms with Crippen LogP contribution in [0.3, 0.4) is 0 Å². The highest BCUT2D eigenvalue weighted by molar-refractivity contribution is 7.92. The third-order valence-electron chi connectivity index (χ3n) is 2.74. The lowest BCUT2D eigenvalue weighted by Gasteiger charge is -2.26. The Morgan fingerprint density at radius 2 is 1.86 bits per heavy atom. The maximum atomic E-state index is 12.7. The fraction of sp³-hybridized carbons (Fsp3) is 0.500. The molecular weight excluding hydrogens is 311 g/mol. The third-order valence-corrected chi connectivity index (χ3v) is 4.27. The molecule has 0 atom stereocenters. The molecule has 0 aromatic heterocycles. The second-order valence-electron chi connectivity index (χ2n) is 4.12. The van der Waals surface area contributed by atoms with Crippen LogP contribution >= 0.6 is 0 Å². The summed E-state index contributed by atoms with van der Waals surface area (Å²) in [5.74, 6) is 0. The number of benzene rings is 1. The Morgan fingerprint density at radius 3 is 2.38 bits per heavy atom. The van der Waals surface area contributed by atoms with E-state index in [0.717, 1.165) is 6.07 Å². The summed E-state index contributed by atoms with van der Waals surface area (Å²) in [6.45, 7) is -0.000283. The monoisotopic (exact) mass is 327 g/mol. The van der Waals surface area contributed by atoms with E-state index in [1.54, 1.807) is 0 Å². The molecule has 0 radical (unpaired) electrons. The molecule has 0 bridgehead atoms. The minimum absolute atomic E-state index is 0.00620. The first-order valence-electron chi connectivity index (χ1n) is 6.01. The van der Waals surface area contributed by atoms with Gasteiger partial charge < -0.3 is 14.7 Å². The Balaban J connectivity index is 3.31. The number of hydrogen-bond donors (Lipinski definition) is 1. The minimum Gasteiger partial charge on any atom is -0.395 e. The van der Waals surface area contributed by atoms with Gasteiger partial charge in [-0.2, -0.15) is 13.2 Å². The molecule has 0 aliphatic rings. The van der Waals surface area contributed by atoms with Crippen LogP contribution in [0.1, 0.15) is 0 Å². The lowest BCUT2D eigenvalue weighted by Crippen LogP contribution is -2.33. The largest absolute Gasteiger partial charge is 0.501 e. The standard InChI is InChI=1S/C12H16F3NO4S/c1-20-9-7-16(6-8-17)10-4-2-3-5-11(10)21(18,19)12(13,14)15/h2-5,17H,6-9H2,1H3. The summed E-state index contributed by atoms with van der Waals surface area (Å²) in [6.07, 6.45) is 0. The summed E-state index contributed by atoms with van der Waals surface area (Å²) in [4.78, 5) is 0.504. The van der Waals surface area contributed by atoms with Crippen LogP contribution in [0.5, 0.6) is 0 Å². The number of hydrogen-bond acceptors (Lipinski definition) is 5. The first kappa shape index (κ1) is 17.7. The number of nitrogens with zero attached hydrogens (tertiary/aromatic N) is 1. The summed E-state index contributed by atoms with van der Waals surface area (Å²) in [5.41, 5.74) is -5.49. The van der Waals surface area contributed by atoms with Crippen molar-refractivity contribution in [2.45, 2.75) is 10.4 Å². The molecule has 0 spiro atoms. The van der Waals surface area contributed by atoms with E-state index in [1.807, 2.05) is 0 Å². The number of alkyl halides is 3. The molecule has 1 N–H and O–H groups in total. The number of halogens is 3. The van der Waals surface area contributed by atoms with Gasteiger partial charge in [-0.05, 0) is 12.1 Å². The Morgan fingerprint density at radius 1 is 1.24 bits per heavy atom. The van der Waals surface area contributed by atoms with E-state index in [2.05, 4.69) is 0 Å². The number of methoxy groups -OCH3 is 1. The van der Waals surface area contributed by atoms with Crippen LogP contribution in [0.15, 0.2) is 29.2 Å². The third kappa shape index (κ3) is 4.08. The van der Waals surface area contributed by atoms with Crippen LogP contribution in [0, 0.1) is 0 Å². The Labute approximate surface area is 120 Å². The van der Waals surface area contributed by atoms with Crippen molar-refractivity contribution in [3.63, 3.8) is 0 Å². The number of anilines is 1. The Bertz CT molecular complexity index is 560. The van der Waals surface area contributed by atoms with Gasteiger partial charge in [-0.1, -0.05) is 12.1 Å². The first-order valence-corrected chi connectivity index (χ1v) is 7.49. The molecule has 0 aliphatic heterocycles. The summed E-state index contributed by atoms with van der Waals surface area (Å²) in [6, 6.07) is 4.82. The molecule has 1 aromatic rings. The molecule has 9 heteroatoms. The molecule has 0 fully saturated rings. The number of aliphatic hydroxyl groups excluding tert-OH is 1. The van der Waals surface area contributed by atoms with Crippen LogP contribution in [0.25, 0.3) is 0 Å². The molecule has 5 nitrogen and oxygen atoms in total. The molecule has 0 saturated carbocycles. The molecule has 120 valence electrons. The summed E-state index contributed by atoms with van der Waals surface area (Å²) >= 11 is 0. The minimum atomic E-state index is -5.46.